The Labute approximate surface area is 153 Å². The molecule has 26 heavy (non-hydrogen) atoms. The van der Waals surface area contributed by atoms with Crippen molar-refractivity contribution >= 4 is 16.9 Å². The van der Waals surface area contributed by atoms with Crippen molar-refractivity contribution in [3.05, 3.63) is 24.3 Å². The number of likely N-dealkylation sites (tertiary alicyclic amines) is 2. The van der Waals surface area contributed by atoms with E-state index in [0.717, 1.165) is 62.9 Å². The summed E-state index contributed by atoms with van der Waals surface area (Å²) in [6.45, 7) is 4.16. The minimum absolute atomic E-state index is 0.136. The Hall–Kier alpha value is -1.99. The van der Waals surface area contributed by atoms with Crippen LogP contribution in [-0.2, 0) is 16.1 Å². The number of nitrogens with zero attached hydrogens (tertiary/aromatic N) is 5. The van der Waals surface area contributed by atoms with E-state index in [1.54, 1.807) is 4.68 Å². The van der Waals surface area contributed by atoms with Crippen LogP contribution in [0.4, 0.5) is 0 Å². The predicted molar refractivity (Wildman–Crippen MR) is 98.7 cm³/mol. The lowest BCUT2D eigenvalue weighted by Gasteiger charge is -2.41. The standard InChI is InChI=1S/C19H27N5O2/c1-26-16-8-12-22(13-9-16)15-6-10-23(11-7-15)19(25)14-24-18-5-3-2-4-17(18)20-21-24/h2-5,15-16H,6-14H2,1H3. The van der Waals surface area contributed by atoms with Crippen LogP contribution in [0.2, 0.25) is 0 Å². The van der Waals surface area contributed by atoms with Crippen LogP contribution in [-0.4, -0.2) is 76.1 Å². The van der Waals surface area contributed by atoms with Crippen LogP contribution in [0.1, 0.15) is 25.7 Å². The molecular formula is C19H27N5O2. The smallest absolute Gasteiger partial charge is 0.244 e. The maximum atomic E-state index is 12.7. The van der Waals surface area contributed by atoms with E-state index < -0.39 is 0 Å². The number of hydrogen-bond donors (Lipinski definition) is 0. The van der Waals surface area contributed by atoms with E-state index in [0.29, 0.717) is 12.1 Å². The topological polar surface area (TPSA) is 63.5 Å². The molecule has 0 spiro atoms. The molecule has 0 radical (unpaired) electrons. The first-order valence-corrected chi connectivity index (χ1v) is 9.57. The maximum absolute atomic E-state index is 12.7. The molecule has 2 saturated heterocycles. The van der Waals surface area contributed by atoms with Crippen molar-refractivity contribution in [3.8, 4) is 0 Å². The van der Waals surface area contributed by atoms with E-state index in [2.05, 4.69) is 15.2 Å². The van der Waals surface area contributed by atoms with E-state index in [4.69, 9.17) is 4.74 Å². The number of aromatic nitrogens is 3. The molecule has 0 saturated carbocycles. The van der Waals surface area contributed by atoms with Gasteiger partial charge in [0, 0.05) is 39.3 Å². The highest BCUT2D eigenvalue weighted by atomic mass is 16.5. The van der Waals surface area contributed by atoms with Crippen LogP contribution in [0.25, 0.3) is 11.0 Å². The number of hydrogen-bond acceptors (Lipinski definition) is 5. The maximum Gasteiger partial charge on any atom is 0.244 e. The van der Waals surface area contributed by atoms with Gasteiger partial charge in [0.15, 0.2) is 0 Å². The number of carbonyl (C=O) groups excluding carboxylic acids is 1. The van der Waals surface area contributed by atoms with Crippen LogP contribution in [0.3, 0.4) is 0 Å². The van der Waals surface area contributed by atoms with Gasteiger partial charge in [-0.25, -0.2) is 4.68 Å². The van der Waals surface area contributed by atoms with Gasteiger partial charge in [-0.2, -0.15) is 0 Å². The van der Waals surface area contributed by atoms with Gasteiger partial charge in [0.2, 0.25) is 5.91 Å². The zero-order chi connectivity index (χ0) is 17.9. The Balaban J connectivity index is 1.30. The fourth-order valence-corrected chi connectivity index (χ4v) is 4.22. The van der Waals surface area contributed by atoms with E-state index in [1.165, 1.54) is 0 Å². The third kappa shape index (κ3) is 3.59. The van der Waals surface area contributed by atoms with Crippen LogP contribution in [0.5, 0.6) is 0 Å². The Kier molecular flexibility index (Phi) is 5.17. The van der Waals surface area contributed by atoms with E-state index in [1.807, 2.05) is 36.3 Å². The molecule has 7 nitrogen and oxygen atoms in total. The third-order valence-corrected chi connectivity index (χ3v) is 5.85. The molecule has 2 aliphatic heterocycles. The average Bonchev–Trinajstić information content (AvgIpc) is 3.11. The number of ether oxygens (including phenoxy) is 1. The molecule has 2 aromatic rings. The molecule has 7 heteroatoms. The summed E-state index contributed by atoms with van der Waals surface area (Å²) in [6, 6.07) is 8.36. The van der Waals surface area contributed by atoms with Crippen molar-refractivity contribution in [3.63, 3.8) is 0 Å². The lowest BCUT2D eigenvalue weighted by molar-refractivity contribution is -0.133. The van der Waals surface area contributed by atoms with E-state index in [-0.39, 0.29) is 12.5 Å². The second-order valence-corrected chi connectivity index (χ2v) is 7.32. The number of carbonyl (C=O) groups is 1. The molecule has 0 bridgehead atoms. The number of benzene rings is 1. The van der Waals surface area contributed by atoms with Crippen LogP contribution in [0.15, 0.2) is 24.3 Å². The first-order valence-electron chi connectivity index (χ1n) is 9.57. The quantitative estimate of drug-likeness (QED) is 0.830. The second-order valence-electron chi connectivity index (χ2n) is 7.32. The zero-order valence-electron chi connectivity index (χ0n) is 15.4. The highest BCUT2D eigenvalue weighted by Gasteiger charge is 2.29. The molecule has 1 amide bonds. The van der Waals surface area contributed by atoms with E-state index >= 15 is 0 Å². The summed E-state index contributed by atoms with van der Waals surface area (Å²) in [4.78, 5) is 17.2. The summed E-state index contributed by atoms with van der Waals surface area (Å²) >= 11 is 0. The molecule has 0 atom stereocenters. The summed E-state index contributed by atoms with van der Waals surface area (Å²) in [5.74, 6) is 0.136. The Morgan fingerprint density at radius 2 is 1.85 bits per heavy atom. The van der Waals surface area contributed by atoms with Crippen molar-refractivity contribution < 1.29 is 9.53 Å². The Morgan fingerprint density at radius 3 is 2.58 bits per heavy atom. The largest absolute Gasteiger partial charge is 0.381 e. The van der Waals surface area contributed by atoms with Crippen LogP contribution in [0, 0.1) is 0 Å². The molecule has 3 heterocycles. The van der Waals surface area contributed by atoms with Gasteiger partial charge in [0.25, 0.3) is 0 Å². The average molecular weight is 357 g/mol. The first kappa shape index (κ1) is 17.4. The molecule has 1 aromatic heterocycles. The number of para-hydroxylation sites is 1. The summed E-state index contributed by atoms with van der Waals surface area (Å²) in [6.07, 6.45) is 4.78. The monoisotopic (exact) mass is 357 g/mol. The van der Waals surface area contributed by atoms with Gasteiger partial charge >= 0.3 is 0 Å². The lowest BCUT2D eigenvalue weighted by Crippen LogP contribution is -2.50. The SMILES string of the molecule is COC1CCN(C2CCN(C(=O)Cn3nnc4ccccc43)CC2)CC1. The van der Waals surface area contributed by atoms with Gasteiger partial charge in [0.1, 0.15) is 12.1 Å². The van der Waals surface area contributed by atoms with Crippen LogP contribution < -0.4 is 0 Å². The van der Waals surface area contributed by atoms with Gasteiger partial charge in [-0.1, -0.05) is 17.3 Å². The molecule has 2 fully saturated rings. The number of rotatable bonds is 4. The molecule has 0 N–H and O–H groups in total. The summed E-state index contributed by atoms with van der Waals surface area (Å²) in [7, 11) is 1.81. The fourth-order valence-electron chi connectivity index (χ4n) is 4.22. The third-order valence-electron chi connectivity index (χ3n) is 5.85. The second kappa shape index (κ2) is 7.72. The summed E-state index contributed by atoms with van der Waals surface area (Å²) in [5.41, 5.74) is 1.75. The van der Waals surface area contributed by atoms with Gasteiger partial charge < -0.3 is 14.5 Å². The van der Waals surface area contributed by atoms with Crippen molar-refractivity contribution in [1.82, 2.24) is 24.8 Å². The molecule has 140 valence electrons. The van der Waals surface area contributed by atoms with Crippen LogP contribution >= 0.6 is 0 Å². The Morgan fingerprint density at radius 1 is 1.12 bits per heavy atom. The normalized spacial score (nSPS) is 20.7. The van der Waals surface area contributed by atoms with Gasteiger partial charge in [-0.15, -0.1) is 5.10 Å². The molecule has 0 unspecified atom stereocenters. The summed E-state index contributed by atoms with van der Waals surface area (Å²) in [5, 5.41) is 8.26. The van der Waals surface area contributed by atoms with E-state index in [9.17, 15) is 4.79 Å². The number of methoxy groups -OCH3 is 1. The molecule has 1 aromatic carbocycles. The summed E-state index contributed by atoms with van der Waals surface area (Å²) < 4.78 is 7.17. The predicted octanol–water partition coefficient (Wildman–Crippen LogP) is 1.53. The highest BCUT2D eigenvalue weighted by molar-refractivity contribution is 5.79. The number of fused-ring (bicyclic) bond motifs is 1. The molecule has 2 aliphatic rings. The Bertz CT molecular complexity index is 745. The van der Waals surface area contributed by atoms with Crippen molar-refractivity contribution in [1.29, 1.82) is 0 Å². The first-order chi connectivity index (χ1) is 12.7. The highest BCUT2D eigenvalue weighted by Crippen LogP contribution is 2.22. The lowest BCUT2D eigenvalue weighted by atomic mass is 9.99. The van der Waals surface area contributed by atoms with Gasteiger partial charge in [-0.3, -0.25) is 4.79 Å². The van der Waals surface area contributed by atoms with Gasteiger partial charge in [-0.05, 0) is 37.8 Å². The van der Waals surface area contributed by atoms with Gasteiger partial charge in [0.05, 0.1) is 11.6 Å². The fraction of sp³-hybridized carbons (Fsp3) is 0.632. The molecular weight excluding hydrogens is 330 g/mol. The van der Waals surface area contributed by atoms with Crippen molar-refractivity contribution in [2.24, 2.45) is 0 Å². The minimum Gasteiger partial charge on any atom is -0.381 e. The van der Waals surface area contributed by atoms with Crippen molar-refractivity contribution in [2.45, 2.75) is 44.4 Å². The number of piperidine rings is 2. The number of amides is 1. The zero-order valence-corrected chi connectivity index (χ0v) is 15.4. The molecule has 4 rings (SSSR count). The minimum atomic E-state index is 0.136. The molecule has 0 aliphatic carbocycles. The van der Waals surface area contributed by atoms with Crippen molar-refractivity contribution in [2.75, 3.05) is 33.3 Å².